The average molecular weight is 404 g/mol. The summed E-state index contributed by atoms with van der Waals surface area (Å²) in [5.74, 6) is 0.187. The van der Waals surface area contributed by atoms with E-state index in [2.05, 4.69) is 15.9 Å². The monoisotopic (exact) mass is 403 g/mol. The fourth-order valence-corrected chi connectivity index (χ4v) is 3.40. The molecule has 0 atom stereocenters. The second-order valence-electron chi connectivity index (χ2n) is 4.97. The van der Waals surface area contributed by atoms with Crippen LogP contribution in [-0.4, -0.2) is 17.8 Å². The summed E-state index contributed by atoms with van der Waals surface area (Å²) in [6, 6.07) is 14.6. The van der Waals surface area contributed by atoms with Crippen LogP contribution in [0.15, 0.2) is 57.9 Å². The van der Waals surface area contributed by atoms with Gasteiger partial charge in [-0.15, -0.1) is 0 Å². The second-order valence-corrected chi connectivity index (χ2v) is 6.88. The summed E-state index contributed by atoms with van der Waals surface area (Å²) in [7, 11) is 0. The van der Waals surface area contributed by atoms with Crippen molar-refractivity contribution in [2.45, 2.75) is 6.92 Å². The average Bonchev–Trinajstić information content (AvgIpc) is 2.85. The zero-order valence-electron chi connectivity index (χ0n) is 12.9. The van der Waals surface area contributed by atoms with E-state index in [1.54, 1.807) is 24.3 Å². The molecule has 122 valence electrons. The molecule has 2 aromatic carbocycles. The van der Waals surface area contributed by atoms with Crippen molar-refractivity contribution < 1.29 is 14.3 Å². The Balaban J connectivity index is 1.94. The SMILES string of the molecule is CCOc1ccccc1N1C(=O)S/C(=C\c2ccc(Br)cc2)C1=O. The van der Waals surface area contributed by atoms with Gasteiger partial charge in [-0.25, -0.2) is 4.90 Å². The van der Waals surface area contributed by atoms with Crippen molar-refractivity contribution in [2.24, 2.45) is 0 Å². The number of halogens is 1. The van der Waals surface area contributed by atoms with Crippen LogP contribution in [0.4, 0.5) is 10.5 Å². The van der Waals surface area contributed by atoms with Gasteiger partial charge in [-0.05, 0) is 54.6 Å². The molecule has 0 bridgehead atoms. The zero-order chi connectivity index (χ0) is 17.1. The molecule has 4 nitrogen and oxygen atoms in total. The Labute approximate surface area is 152 Å². The van der Waals surface area contributed by atoms with Gasteiger partial charge in [0, 0.05) is 4.47 Å². The van der Waals surface area contributed by atoms with Crippen molar-refractivity contribution in [3.05, 3.63) is 63.5 Å². The molecule has 1 aliphatic heterocycles. The van der Waals surface area contributed by atoms with E-state index in [0.29, 0.717) is 22.9 Å². The van der Waals surface area contributed by atoms with Gasteiger partial charge in [0.1, 0.15) is 5.75 Å². The van der Waals surface area contributed by atoms with Crippen LogP contribution in [0.5, 0.6) is 5.75 Å². The van der Waals surface area contributed by atoms with Crippen molar-refractivity contribution in [1.29, 1.82) is 0 Å². The summed E-state index contributed by atoms with van der Waals surface area (Å²) in [5, 5.41) is -0.324. The van der Waals surface area contributed by atoms with Crippen LogP contribution in [0.1, 0.15) is 12.5 Å². The number of rotatable bonds is 4. The number of para-hydroxylation sites is 2. The van der Waals surface area contributed by atoms with E-state index in [9.17, 15) is 9.59 Å². The topological polar surface area (TPSA) is 46.6 Å². The number of carbonyl (C=O) groups excluding carboxylic acids is 2. The molecule has 3 rings (SSSR count). The van der Waals surface area contributed by atoms with Crippen LogP contribution in [0.25, 0.3) is 6.08 Å². The summed E-state index contributed by atoms with van der Waals surface area (Å²) in [4.78, 5) is 26.6. The number of imide groups is 1. The Morgan fingerprint density at radius 1 is 1.12 bits per heavy atom. The van der Waals surface area contributed by atoms with Crippen molar-refractivity contribution in [3.8, 4) is 5.75 Å². The van der Waals surface area contributed by atoms with E-state index < -0.39 is 0 Å². The van der Waals surface area contributed by atoms with Crippen LogP contribution in [0.2, 0.25) is 0 Å². The maximum absolute atomic E-state index is 12.7. The first-order chi connectivity index (χ1) is 11.6. The molecule has 24 heavy (non-hydrogen) atoms. The first kappa shape index (κ1) is 16.8. The third-order valence-corrected chi connectivity index (χ3v) is 4.77. The summed E-state index contributed by atoms with van der Waals surface area (Å²) in [6.45, 7) is 2.32. The van der Waals surface area contributed by atoms with Gasteiger partial charge in [-0.3, -0.25) is 9.59 Å². The number of hydrogen-bond donors (Lipinski definition) is 0. The van der Waals surface area contributed by atoms with Crippen molar-refractivity contribution in [3.63, 3.8) is 0 Å². The zero-order valence-corrected chi connectivity index (χ0v) is 15.3. The number of benzene rings is 2. The minimum Gasteiger partial charge on any atom is -0.492 e. The number of thioether (sulfide) groups is 1. The smallest absolute Gasteiger partial charge is 0.298 e. The van der Waals surface area contributed by atoms with Gasteiger partial charge < -0.3 is 4.74 Å². The number of amides is 2. The van der Waals surface area contributed by atoms with Gasteiger partial charge in [0.05, 0.1) is 17.2 Å². The molecule has 0 radical (unpaired) electrons. The number of nitrogens with zero attached hydrogens (tertiary/aromatic N) is 1. The van der Waals surface area contributed by atoms with Crippen molar-refractivity contribution in [2.75, 3.05) is 11.5 Å². The molecule has 0 aliphatic carbocycles. The first-order valence-corrected chi connectivity index (χ1v) is 8.96. The Morgan fingerprint density at radius 2 is 1.83 bits per heavy atom. The lowest BCUT2D eigenvalue weighted by atomic mass is 10.2. The fourth-order valence-electron chi connectivity index (χ4n) is 2.31. The van der Waals surface area contributed by atoms with E-state index in [-0.39, 0.29) is 11.1 Å². The lowest BCUT2D eigenvalue weighted by molar-refractivity contribution is -0.113. The number of anilines is 1. The third-order valence-electron chi connectivity index (χ3n) is 3.37. The molecule has 0 spiro atoms. The molecule has 6 heteroatoms. The van der Waals surface area contributed by atoms with Crippen LogP contribution < -0.4 is 9.64 Å². The molecule has 0 unspecified atom stereocenters. The van der Waals surface area contributed by atoms with Gasteiger partial charge in [0.25, 0.3) is 11.1 Å². The predicted octanol–water partition coefficient (Wildman–Crippen LogP) is 5.09. The normalized spacial score (nSPS) is 16.1. The first-order valence-electron chi connectivity index (χ1n) is 7.35. The molecule has 1 fully saturated rings. The number of ether oxygens (including phenoxy) is 1. The van der Waals surface area contributed by atoms with Crippen LogP contribution in [-0.2, 0) is 4.79 Å². The van der Waals surface area contributed by atoms with Gasteiger partial charge >= 0.3 is 0 Å². The molecule has 2 amide bonds. The van der Waals surface area contributed by atoms with Gasteiger partial charge in [0.15, 0.2) is 0 Å². The molecule has 1 aliphatic rings. The summed E-state index contributed by atoms with van der Waals surface area (Å²) in [6.07, 6.45) is 1.72. The third kappa shape index (κ3) is 3.39. The minimum absolute atomic E-state index is 0.324. The summed E-state index contributed by atoms with van der Waals surface area (Å²) in [5.41, 5.74) is 1.34. The maximum Gasteiger partial charge on any atom is 0.298 e. The highest BCUT2D eigenvalue weighted by Gasteiger charge is 2.37. The van der Waals surface area contributed by atoms with E-state index in [1.165, 1.54) is 4.90 Å². The quantitative estimate of drug-likeness (QED) is 0.667. The largest absolute Gasteiger partial charge is 0.492 e. The fraction of sp³-hybridized carbons (Fsp3) is 0.111. The van der Waals surface area contributed by atoms with Gasteiger partial charge in [-0.2, -0.15) is 0 Å². The summed E-state index contributed by atoms with van der Waals surface area (Å²) >= 11 is 4.31. The second kappa shape index (κ2) is 7.23. The van der Waals surface area contributed by atoms with E-state index in [1.807, 2.05) is 37.3 Å². The van der Waals surface area contributed by atoms with E-state index in [4.69, 9.17) is 4.74 Å². The van der Waals surface area contributed by atoms with E-state index in [0.717, 1.165) is 21.8 Å². The molecule has 0 aromatic heterocycles. The van der Waals surface area contributed by atoms with Crippen LogP contribution in [0, 0.1) is 0 Å². The molecular weight excluding hydrogens is 390 g/mol. The van der Waals surface area contributed by atoms with Crippen molar-refractivity contribution >= 4 is 50.6 Å². The highest BCUT2D eigenvalue weighted by molar-refractivity contribution is 9.10. The maximum atomic E-state index is 12.7. The lowest BCUT2D eigenvalue weighted by Crippen LogP contribution is -2.28. The Kier molecular flexibility index (Phi) is 5.06. The molecular formula is C18H14BrNO3S. The molecule has 0 N–H and O–H groups in total. The van der Waals surface area contributed by atoms with Gasteiger partial charge in [0.2, 0.25) is 0 Å². The Bertz CT molecular complexity index is 817. The van der Waals surface area contributed by atoms with Crippen LogP contribution in [0.3, 0.4) is 0 Å². The minimum atomic E-state index is -0.333. The molecule has 2 aromatic rings. The number of hydrogen-bond acceptors (Lipinski definition) is 4. The molecule has 0 saturated carbocycles. The van der Waals surface area contributed by atoms with E-state index >= 15 is 0 Å². The Hall–Kier alpha value is -2.05. The molecule has 1 heterocycles. The Morgan fingerprint density at radius 3 is 2.54 bits per heavy atom. The predicted molar refractivity (Wildman–Crippen MR) is 100 cm³/mol. The highest BCUT2D eigenvalue weighted by atomic mass is 79.9. The number of carbonyl (C=O) groups is 2. The van der Waals surface area contributed by atoms with Gasteiger partial charge in [-0.1, -0.05) is 40.2 Å². The standard InChI is InChI=1S/C18H14BrNO3S/c1-2-23-15-6-4-3-5-14(15)20-17(21)16(24-18(20)22)11-12-7-9-13(19)10-8-12/h3-11H,2H2,1H3/b16-11-. The molecule has 1 saturated heterocycles. The van der Waals surface area contributed by atoms with Crippen molar-refractivity contribution in [1.82, 2.24) is 0 Å². The van der Waals surface area contributed by atoms with Crippen LogP contribution >= 0.6 is 27.7 Å². The lowest BCUT2D eigenvalue weighted by Gasteiger charge is -2.16. The highest BCUT2D eigenvalue weighted by Crippen LogP contribution is 2.39. The summed E-state index contributed by atoms with van der Waals surface area (Å²) < 4.78 is 6.49.